The second kappa shape index (κ2) is 5.70. The molecule has 3 fully saturated rings. The van der Waals surface area contributed by atoms with Crippen LogP contribution in [-0.4, -0.2) is 25.5 Å². The molecular formula is C21H27N. The first-order valence-corrected chi connectivity index (χ1v) is 8.86. The van der Waals surface area contributed by atoms with E-state index >= 15 is 0 Å². The van der Waals surface area contributed by atoms with Crippen molar-refractivity contribution in [3.63, 3.8) is 0 Å². The summed E-state index contributed by atoms with van der Waals surface area (Å²) in [7, 11) is 4.47. The minimum Gasteiger partial charge on any atom is -0.309 e. The molecule has 0 spiro atoms. The van der Waals surface area contributed by atoms with E-state index in [1.165, 1.54) is 43.0 Å². The van der Waals surface area contributed by atoms with Gasteiger partial charge in [-0.2, -0.15) is 0 Å². The predicted molar refractivity (Wildman–Crippen MR) is 94.2 cm³/mol. The van der Waals surface area contributed by atoms with Crippen molar-refractivity contribution in [3.05, 3.63) is 48.0 Å². The van der Waals surface area contributed by atoms with Gasteiger partial charge in [-0.25, -0.2) is 0 Å². The highest BCUT2D eigenvalue weighted by atomic mass is 15.1. The van der Waals surface area contributed by atoms with Gasteiger partial charge in [-0.3, -0.25) is 0 Å². The summed E-state index contributed by atoms with van der Waals surface area (Å²) in [6.45, 7) is 1.25. The molecule has 0 aromatic heterocycles. The van der Waals surface area contributed by atoms with Gasteiger partial charge >= 0.3 is 0 Å². The molecule has 0 aliphatic heterocycles. The van der Waals surface area contributed by atoms with Crippen molar-refractivity contribution in [3.8, 4) is 0 Å². The van der Waals surface area contributed by atoms with E-state index in [1.54, 1.807) is 5.56 Å². The Morgan fingerprint density at radius 2 is 1.55 bits per heavy atom. The van der Waals surface area contributed by atoms with Crippen LogP contribution >= 0.6 is 0 Å². The Morgan fingerprint density at radius 1 is 0.864 bits per heavy atom. The van der Waals surface area contributed by atoms with Gasteiger partial charge in [0.1, 0.15) is 0 Å². The van der Waals surface area contributed by atoms with Crippen LogP contribution in [0.2, 0.25) is 0 Å². The average Bonchev–Trinajstić information content (AvgIpc) is 2.55. The zero-order valence-corrected chi connectivity index (χ0v) is 13.8. The van der Waals surface area contributed by atoms with Gasteiger partial charge in [0.2, 0.25) is 0 Å². The maximum atomic E-state index is 2.48. The lowest BCUT2D eigenvalue weighted by atomic mass is 9.56. The molecule has 2 bridgehead atoms. The van der Waals surface area contributed by atoms with Crippen molar-refractivity contribution in [1.82, 2.24) is 4.90 Å². The van der Waals surface area contributed by atoms with Crippen LogP contribution < -0.4 is 0 Å². The van der Waals surface area contributed by atoms with Crippen LogP contribution in [0.1, 0.15) is 37.2 Å². The van der Waals surface area contributed by atoms with Gasteiger partial charge in [0.25, 0.3) is 0 Å². The van der Waals surface area contributed by atoms with Crippen molar-refractivity contribution < 1.29 is 0 Å². The molecule has 2 aromatic rings. The Balaban J connectivity index is 1.73. The normalized spacial score (nSPS) is 31.0. The van der Waals surface area contributed by atoms with Crippen LogP contribution in [0.5, 0.6) is 0 Å². The van der Waals surface area contributed by atoms with E-state index in [4.69, 9.17) is 0 Å². The maximum Gasteiger partial charge on any atom is 0.00122 e. The van der Waals surface area contributed by atoms with Crippen LogP contribution in [0.15, 0.2) is 42.5 Å². The topological polar surface area (TPSA) is 3.24 Å². The van der Waals surface area contributed by atoms with Gasteiger partial charge in [0.15, 0.2) is 0 Å². The molecule has 3 aliphatic rings. The third kappa shape index (κ3) is 2.46. The lowest BCUT2D eigenvalue weighted by molar-refractivity contribution is 0.0507. The highest BCUT2D eigenvalue weighted by molar-refractivity contribution is 5.83. The van der Waals surface area contributed by atoms with E-state index in [0.29, 0.717) is 0 Å². The molecule has 1 heteroatoms. The lowest BCUT2D eigenvalue weighted by Crippen LogP contribution is -2.43. The summed E-state index contributed by atoms with van der Waals surface area (Å²) in [4.78, 5) is 2.40. The Bertz CT molecular complexity index is 652. The third-order valence-corrected chi connectivity index (χ3v) is 6.13. The number of rotatable bonds is 3. The largest absolute Gasteiger partial charge is 0.309 e. The van der Waals surface area contributed by atoms with E-state index in [0.717, 1.165) is 23.7 Å². The van der Waals surface area contributed by atoms with Crippen molar-refractivity contribution in [2.45, 2.75) is 31.6 Å². The number of hydrogen-bond donors (Lipinski definition) is 0. The SMILES string of the molecule is CN(C)C[C@@H]1C2CCC(CC2)[C@H]1c1ccc2ccccc2c1. The molecule has 116 valence electrons. The molecule has 0 heterocycles. The minimum absolute atomic E-state index is 0.777. The molecule has 1 nitrogen and oxygen atoms in total. The van der Waals surface area contributed by atoms with Crippen LogP contribution in [0.3, 0.4) is 0 Å². The molecule has 3 aliphatic carbocycles. The van der Waals surface area contributed by atoms with Crippen LogP contribution in [0, 0.1) is 17.8 Å². The van der Waals surface area contributed by atoms with Crippen LogP contribution in [0.25, 0.3) is 10.8 Å². The fourth-order valence-corrected chi connectivity index (χ4v) is 5.19. The molecular weight excluding hydrogens is 266 g/mol. The summed E-state index contributed by atoms with van der Waals surface area (Å²) in [6.07, 6.45) is 5.83. The van der Waals surface area contributed by atoms with E-state index in [-0.39, 0.29) is 0 Å². The molecule has 2 aromatic carbocycles. The van der Waals surface area contributed by atoms with Crippen molar-refractivity contribution >= 4 is 10.8 Å². The molecule has 3 saturated carbocycles. The molecule has 0 radical (unpaired) electrons. The molecule has 0 amide bonds. The number of nitrogens with zero attached hydrogens (tertiary/aromatic N) is 1. The Kier molecular flexibility index (Phi) is 3.69. The summed E-state index contributed by atoms with van der Waals surface area (Å²) in [5.74, 6) is 3.49. The first kappa shape index (κ1) is 14.3. The van der Waals surface area contributed by atoms with E-state index in [1.807, 2.05) is 0 Å². The van der Waals surface area contributed by atoms with Crippen molar-refractivity contribution in [2.75, 3.05) is 20.6 Å². The molecule has 5 rings (SSSR count). The summed E-state index contributed by atoms with van der Waals surface area (Å²) < 4.78 is 0. The van der Waals surface area contributed by atoms with Crippen molar-refractivity contribution in [2.24, 2.45) is 17.8 Å². The van der Waals surface area contributed by atoms with E-state index in [9.17, 15) is 0 Å². The third-order valence-electron chi connectivity index (χ3n) is 6.13. The van der Waals surface area contributed by atoms with Crippen molar-refractivity contribution in [1.29, 1.82) is 0 Å². The molecule has 0 N–H and O–H groups in total. The standard InChI is InChI=1S/C21H27N/c1-22(2)14-20-16-8-10-17(11-9-16)21(20)19-12-7-15-5-3-4-6-18(15)13-19/h3-7,12-13,16-17,20-21H,8-11,14H2,1-2H3/t16?,17?,20-,21+/m1/s1. The lowest BCUT2D eigenvalue weighted by Gasteiger charge is -2.50. The second-order valence-corrected chi connectivity index (χ2v) is 7.73. The molecule has 0 saturated heterocycles. The first-order valence-electron chi connectivity index (χ1n) is 8.86. The van der Waals surface area contributed by atoms with Gasteiger partial charge in [0.05, 0.1) is 0 Å². The number of hydrogen-bond acceptors (Lipinski definition) is 1. The van der Waals surface area contributed by atoms with Gasteiger partial charge in [-0.05, 0) is 79.8 Å². The van der Waals surface area contributed by atoms with Crippen LogP contribution in [0.4, 0.5) is 0 Å². The van der Waals surface area contributed by atoms with E-state index in [2.05, 4.69) is 61.5 Å². The van der Waals surface area contributed by atoms with Gasteiger partial charge in [0, 0.05) is 6.54 Å². The molecule has 22 heavy (non-hydrogen) atoms. The summed E-state index contributed by atoms with van der Waals surface area (Å²) in [6, 6.07) is 16.0. The predicted octanol–water partition coefficient (Wildman–Crippen LogP) is 4.92. The van der Waals surface area contributed by atoms with Gasteiger partial charge in [-0.1, -0.05) is 42.5 Å². The zero-order valence-electron chi connectivity index (χ0n) is 13.8. The maximum absolute atomic E-state index is 2.48. The van der Waals surface area contributed by atoms with Gasteiger partial charge < -0.3 is 4.90 Å². The van der Waals surface area contributed by atoms with Crippen LogP contribution in [-0.2, 0) is 0 Å². The zero-order chi connectivity index (χ0) is 15.1. The first-order chi connectivity index (χ1) is 10.7. The van der Waals surface area contributed by atoms with Gasteiger partial charge in [-0.15, -0.1) is 0 Å². The fourth-order valence-electron chi connectivity index (χ4n) is 5.19. The molecule has 0 unspecified atom stereocenters. The fraction of sp³-hybridized carbons (Fsp3) is 0.524. The highest BCUT2D eigenvalue weighted by Gasteiger charge is 2.44. The number of fused-ring (bicyclic) bond motifs is 4. The summed E-state index contributed by atoms with van der Waals surface area (Å²) >= 11 is 0. The van der Waals surface area contributed by atoms with E-state index < -0.39 is 0 Å². The Labute approximate surface area is 134 Å². The quantitative estimate of drug-likeness (QED) is 0.776. The second-order valence-electron chi connectivity index (χ2n) is 7.73. The Morgan fingerprint density at radius 3 is 2.27 bits per heavy atom. The summed E-state index contributed by atoms with van der Waals surface area (Å²) in [5.41, 5.74) is 1.60. The summed E-state index contributed by atoms with van der Waals surface area (Å²) in [5, 5.41) is 2.78. The molecule has 2 atom stereocenters. The highest BCUT2D eigenvalue weighted by Crippen LogP contribution is 2.53. The Hall–Kier alpha value is -1.34. The smallest absolute Gasteiger partial charge is 0.00122 e. The monoisotopic (exact) mass is 293 g/mol. The minimum atomic E-state index is 0.777. The average molecular weight is 293 g/mol. The number of benzene rings is 2.